The molecule has 0 radical (unpaired) electrons. The van der Waals surface area contributed by atoms with Gasteiger partial charge < -0.3 is 4.74 Å². The zero-order valence-corrected chi connectivity index (χ0v) is 11.1. The van der Waals surface area contributed by atoms with Crippen molar-refractivity contribution in [1.29, 1.82) is 0 Å². The Morgan fingerprint density at radius 2 is 1.75 bits per heavy atom. The molecule has 0 bridgehead atoms. The first-order chi connectivity index (χ1) is 9.65. The van der Waals surface area contributed by atoms with Crippen molar-refractivity contribution in [1.82, 2.24) is 4.90 Å². The van der Waals surface area contributed by atoms with Gasteiger partial charge in [0.25, 0.3) is 0 Å². The number of likely N-dealkylation sites (tertiary alicyclic amines) is 1. The van der Waals surface area contributed by atoms with Crippen LogP contribution in [0, 0.1) is 17.8 Å². The second kappa shape index (κ2) is 4.74. The Morgan fingerprint density at radius 3 is 2.30 bits per heavy atom. The molecule has 3 rings (SSSR count). The van der Waals surface area contributed by atoms with E-state index in [0.717, 1.165) is 5.56 Å². The molecule has 5 nitrogen and oxygen atoms in total. The molecule has 1 aromatic carbocycles. The maximum Gasteiger partial charge on any atom is 0.310 e. The average Bonchev–Trinajstić information content (AvgIpc) is 3.15. The first kappa shape index (κ1) is 12.8. The molecule has 0 unspecified atom stereocenters. The van der Waals surface area contributed by atoms with Gasteiger partial charge in [0.1, 0.15) is 0 Å². The van der Waals surface area contributed by atoms with Crippen LogP contribution in [0.1, 0.15) is 12.5 Å². The van der Waals surface area contributed by atoms with E-state index >= 15 is 0 Å². The maximum absolute atomic E-state index is 12.2. The van der Waals surface area contributed by atoms with E-state index in [4.69, 9.17) is 4.74 Å². The molecule has 2 fully saturated rings. The van der Waals surface area contributed by atoms with Crippen molar-refractivity contribution < 1.29 is 19.1 Å². The largest absolute Gasteiger partial charge is 0.466 e. The van der Waals surface area contributed by atoms with E-state index in [9.17, 15) is 14.4 Å². The Labute approximate surface area is 116 Å². The van der Waals surface area contributed by atoms with Crippen molar-refractivity contribution in [2.24, 2.45) is 17.8 Å². The number of imide groups is 1. The van der Waals surface area contributed by atoms with E-state index in [1.54, 1.807) is 6.92 Å². The normalized spacial score (nSPS) is 27.4. The fourth-order valence-electron chi connectivity index (χ4n) is 2.85. The molecular formula is C15H15NO4. The van der Waals surface area contributed by atoms with Gasteiger partial charge in [0.05, 0.1) is 30.9 Å². The second-order valence-corrected chi connectivity index (χ2v) is 5.08. The van der Waals surface area contributed by atoms with E-state index < -0.39 is 23.7 Å². The maximum atomic E-state index is 12.2. The summed E-state index contributed by atoms with van der Waals surface area (Å²) in [4.78, 5) is 37.2. The first-order valence-electron chi connectivity index (χ1n) is 6.71. The molecule has 1 aliphatic heterocycles. The number of carbonyl (C=O) groups excluding carboxylic acids is 3. The van der Waals surface area contributed by atoms with Gasteiger partial charge in [-0.1, -0.05) is 30.3 Å². The van der Waals surface area contributed by atoms with Crippen molar-refractivity contribution in [3.63, 3.8) is 0 Å². The molecule has 5 heteroatoms. The van der Waals surface area contributed by atoms with Gasteiger partial charge in [-0.15, -0.1) is 0 Å². The minimum atomic E-state index is -0.554. The third-order valence-corrected chi connectivity index (χ3v) is 3.86. The van der Waals surface area contributed by atoms with Crippen LogP contribution >= 0.6 is 0 Å². The number of esters is 1. The van der Waals surface area contributed by atoms with Crippen molar-refractivity contribution in [2.75, 3.05) is 6.61 Å². The molecule has 1 heterocycles. The third-order valence-electron chi connectivity index (χ3n) is 3.86. The van der Waals surface area contributed by atoms with Gasteiger partial charge >= 0.3 is 5.97 Å². The number of hydrogen-bond acceptors (Lipinski definition) is 4. The number of amides is 2. The molecule has 2 amide bonds. The molecule has 0 N–H and O–H groups in total. The fraction of sp³-hybridized carbons (Fsp3) is 0.400. The minimum Gasteiger partial charge on any atom is -0.466 e. The van der Waals surface area contributed by atoms with Crippen molar-refractivity contribution in [3.8, 4) is 0 Å². The highest BCUT2D eigenvalue weighted by atomic mass is 16.5. The SMILES string of the molecule is CCOC(=O)[C@@H]1[C@H]2C(=O)N(Cc3ccccc3)C(=O)[C@@H]12. The van der Waals surface area contributed by atoms with Crippen LogP contribution in [0.5, 0.6) is 0 Å². The Hall–Kier alpha value is -2.17. The number of piperidine rings is 1. The lowest BCUT2D eigenvalue weighted by Gasteiger charge is -2.18. The van der Waals surface area contributed by atoms with Gasteiger partial charge in [-0.3, -0.25) is 19.3 Å². The zero-order chi connectivity index (χ0) is 14.3. The van der Waals surface area contributed by atoms with Crippen LogP contribution < -0.4 is 0 Å². The summed E-state index contributed by atoms with van der Waals surface area (Å²) in [6.45, 7) is 2.26. The lowest BCUT2D eigenvalue weighted by Crippen LogP contribution is -2.35. The molecule has 3 atom stereocenters. The molecular weight excluding hydrogens is 258 g/mol. The summed E-state index contributed by atoms with van der Waals surface area (Å²) in [6.07, 6.45) is 0. The molecule has 0 spiro atoms. The molecule has 2 aliphatic rings. The molecule has 0 aromatic heterocycles. The Kier molecular flexibility index (Phi) is 3.04. The topological polar surface area (TPSA) is 63.7 Å². The summed E-state index contributed by atoms with van der Waals surface area (Å²) >= 11 is 0. The minimum absolute atomic E-state index is 0.248. The van der Waals surface area contributed by atoms with Gasteiger partial charge in [0.2, 0.25) is 11.8 Å². The van der Waals surface area contributed by atoms with E-state index in [1.165, 1.54) is 4.90 Å². The van der Waals surface area contributed by atoms with Crippen LogP contribution in [0.15, 0.2) is 30.3 Å². The molecule has 1 aromatic rings. The highest BCUT2D eigenvalue weighted by molar-refractivity contribution is 6.13. The van der Waals surface area contributed by atoms with Crippen LogP contribution in [0.25, 0.3) is 0 Å². The number of rotatable bonds is 4. The van der Waals surface area contributed by atoms with E-state index in [2.05, 4.69) is 0 Å². The van der Waals surface area contributed by atoms with Crippen LogP contribution in [0.3, 0.4) is 0 Å². The Morgan fingerprint density at radius 1 is 1.15 bits per heavy atom. The molecule has 104 valence electrons. The summed E-state index contributed by atoms with van der Waals surface area (Å²) in [5, 5.41) is 0. The molecule has 1 aliphatic carbocycles. The highest BCUT2D eigenvalue weighted by Gasteiger charge is 2.70. The Balaban J connectivity index is 1.70. The number of nitrogens with zero attached hydrogens (tertiary/aromatic N) is 1. The van der Waals surface area contributed by atoms with Gasteiger partial charge in [0, 0.05) is 0 Å². The number of benzene rings is 1. The number of fused-ring (bicyclic) bond motifs is 1. The zero-order valence-electron chi connectivity index (χ0n) is 11.1. The molecule has 20 heavy (non-hydrogen) atoms. The van der Waals surface area contributed by atoms with Crippen LogP contribution in [-0.4, -0.2) is 29.3 Å². The summed E-state index contributed by atoms with van der Waals surface area (Å²) in [5.41, 5.74) is 0.906. The fourth-order valence-corrected chi connectivity index (χ4v) is 2.85. The summed E-state index contributed by atoms with van der Waals surface area (Å²) in [6, 6.07) is 9.34. The highest BCUT2D eigenvalue weighted by Crippen LogP contribution is 2.54. The average molecular weight is 273 g/mol. The van der Waals surface area contributed by atoms with Crippen molar-refractivity contribution >= 4 is 17.8 Å². The van der Waals surface area contributed by atoms with Gasteiger partial charge in [-0.05, 0) is 12.5 Å². The number of carbonyl (C=O) groups is 3. The summed E-state index contributed by atoms with van der Waals surface area (Å²) in [5.74, 6) is -2.47. The van der Waals surface area contributed by atoms with E-state index in [-0.39, 0.29) is 25.0 Å². The van der Waals surface area contributed by atoms with Gasteiger partial charge in [-0.25, -0.2) is 0 Å². The monoisotopic (exact) mass is 273 g/mol. The number of ether oxygens (including phenoxy) is 1. The van der Waals surface area contributed by atoms with E-state index in [0.29, 0.717) is 0 Å². The quantitative estimate of drug-likeness (QED) is 0.606. The Bertz CT molecular complexity index is 546. The van der Waals surface area contributed by atoms with E-state index in [1.807, 2.05) is 30.3 Å². The lowest BCUT2D eigenvalue weighted by atomic mass is 10.2. The van der Waals surface area contributed by atoms with Gasteiger partial charge in [0.15, 0.2) is 0 Å². The van der Waals surface area contributed by atoms with Crippen LogP contribution in [-0.2, 0) is 25.7 Å². The smallest absolute Gasteiger partial charge is 0.310 e. The van der Waals surface area contributed by atoms with Crippen LogP contribution in [0.2, 0.25) is 0 Å². The van der Waals surface area contributed by atoms with Gasteiger partial charge in [-0.2, -0.15) is 0 Å². The standard InChI is InChI=1S/C15H15NO4/c1-2-20-15(19)12-10-11(12)14(18)16(13(10)17)8-9-6-4-3-5-7-9/h3-7,10-12H,2,8H2,1H3/t10-,11+,12+. The predicted molar refractivity (Wildman–Crippen MR) is 69.1 cm³/mol. The molecule has 1 saturated carbocycles. The first-order valence-corrected chi connectivity index (χ1v) is 6.71. The van der Waals surface area contributed by atoms with Crippen molar-refractivity contribution in [2.45, 2.75) is 13.5 Å². The summed E-state index contributed by atoms with van der Waals surface area (Å²) < 4.78 is 4.89. The lowest BCUT2D eigenvalue weighted by molar-refractivity contribution is -0.152. The molecule has 1 saturated heterocycles. The number of hydrogen-bond donors (Lipinski definition) is 0. The van der Waals surface area contributed by atoms with Crippen molar-refractivity contribution in [3.05, 3.63) is 35.9 Å². The summed E-state index contributed by atoms with van der Waals surface area (Å²) in [7, 11) is 0. The van der Waals surface area contributed by atoms with Crippen LogP contribution in [0.4, 0.5) is 0 Å². The predicted octanol–water partition coefficient (Wildman–Crippen LogP) is 0.981. The second-order valence-electron chi connectivity index (χ2n) is 5.08. The third kappa shape index (κ3) is 1.90.